The van der Waals surface area contributed by atoms with Crippen LogP contribution in [0.25, 0.3) is 0 Å². The maximum absolute atomic E-state index is 12.3. The Morgan fingerprint density at radius 2 is 1.87 bits per heavy atom. The molecule has 0 bridgehead atoms. The number of piperazine rings is 1. The van der Waals surface area contributed by atoms with E-state index in [2.05, 4.69) is 19.8 Å². The molecule has 8 nitrogen and oxygen atoms in total. The first-order valence-electron chi connectivity index (χ1n) is 7.81. The first kappa shape index (κ1) is 15.6. The van der Waals surface area contributed by atoms with Gasteiger partial charge in [0.2, 0.25) is 5.91 Å². The third-order valence-corrected chi connectivity index (χ3v) is 4.17. The predicted octanol–water partition coefficient (Wildman–Crippen LogP) is -0.671. The number of carbonyl (C=O) groups is 1. The minimum atomic E-state index is 0.180. The van der Waals surface area contributed by atoms with Gasteiger partial charge in [0, 0.05) is 39.3 Å². The van der Waals surface area contributed by atoms with Crippen molar-refractivity contribution in [3.63, 3.8) is 0 Å². The van der Waals surface area contributed by atoms with Gasteiger partial charge in [-0.1, -0.05) is 0 Å². The van der Waals surface area contributed by atoms with Gasteiger partial charge in [0.25, 0.3) is 0 Å². The van der Waals surface area contributed by atoms with E-state index in [1.807, 2.05) is 11.0 Å². The van der Waals surface area contributed by atoms with Crippen molar-refractivity contribution in [2.75, 3.05) is 63.9 Å². The van der Waals surface area contributed by atoms with Crippen molar-refractivity contribution < 1.29 is 9.53 Å². The molecule has 1 aromatic rings. The zero-order valence-corrected chi connectivity index (χ0v) is 13.0. The van der Waals surface area contributed by atoms with Crippen LogP contribution in [-0.2, 0) is 9.53 Å². The SMILES string of the molecule is N#Cc1cnc(N2CCN(CC(=O)N3CCOCC3)CC2)cn1. The van der Waals surface area contributed by atoms with Crippen LogP contribution >= 0.6 is 0 Å². The molecule has 1 amide bonds. The summed E-state index contributed by atoms with van der Waals surface area (Å²) in [7, 11) is 0. The van der Waals surface area contributed by atoms with Crippen LogP contribution in [0.4, 0.5) is 5.82 Å². The van der Waals surface area contributed by atoms with Crippen molar-refractivity contribution in [2.45, 2.75) is 0 Å². The molecule has 2 aliphatic rings. The monoisotopic (exact) mass is 316 g/mol. The smallest absolute Gasteiger partial charge is 0.236 e. The van der Waals surface area contributed by atoms with Gasteiger partial charge < -0.3 is 14.5 Å². The van der Waals surface area contributed by atoms with Gasteiger partial charge in [0.05, 0.1) is 32.2 Å². The number of amides is 1. The summed E-state index contributed by atoms with van der Waals surface area (Å²) >= 11 is 0. The topological polar surface area (TPSA) is 85.6 Å². The molecule has 2 fully saturated rings. The third kappa shape index (κ3) is 3.94. The van der Waals surface area contributed by atoms with Crippen molar-refractivity contribution >= 4 is 11.7 Å². The Labute approximate surface area is 135 Å². The van der Waals surface area contributed by atoms with Crippen molar-refractivity contribution in [2.24, 2.45) is 0 Å². The molecule has 23 heavy (non-hydrogen) atoms. The highest BCUT2D eigenvalue weighted by Crippen LogP contribution is 2.12. The van der Waals surface area contributed by atoms with Crippen LogP contribution in [0.15, 0.2) is 12.4 Å². The summed E-state index contributed by atoms with van der Waals surface area (Å²) in [5.74, 6) is 0.961. The Kier molecular flexibility index (Phi) is 5.00. The second kappa shape index (κ2) is 7.35. The normalized spacial score (nSPS) is 19.4. The van der Waals surface area contributed by atoms with E-state index in [0.717, 1.165) is 32.0 Å². The van der Waals surface area contributed by atoms with Crippen molar-refractivity contribution in [1.29, 1.82) is 5.26 Å². The molecule has 8 heteroatoms. The molecule has 3 rings (SSSR count). The number of rotatable bonds is 3. The first-order valence-corrected chi connectivity index (χ1v) is 7.81. The van der Waals surface area contributed by atoms with Crippen molar-refractivity contribution in [3.05, 3.63) is 18.1 Å². The molecule has 2 saturated heterocycles. The number of anilines is 1. The van der Waals surface area contributed by atoms with Gasteiger partial charge in [-0.05, 0) is 0 Å². The third-order valence-electron chi connectivity index (χ3n) is 4.17. The Balaban J connectivity index is 1.48. The number of hydrogen-bond donors (Lipinski definition) is 0. The maximum atomic E-state index is 12.3. The van der Waals surface area contributed by atoms with E-state index in [9.17, 15) is 4.79 Å². The van der Waals surface area contributed by atoms with Gasteiger partial charge in [0.15, 0.2) is 5.69 Å². The lowest BCUT2D eigenvalue weighted by molar-refractivity contribution is -0.136. The van der Waals surface area contributed by atoms with Gasteiger partial charge in [-0.2, -0.15) is 5.26 Å². The zero-order valence-electron chi connectivity index (χ0n) is 13.0. The Morgan fingerprint density at radius 1 is 1.13 bits per heavy atom. The summed E-state index contributed by atoms with van der Waals surface area (Å²) in [5, 5.41) is 8.75. The van der Waals surface area contributed by atoms with Crippen molar-refractivity contribution in [1.82, 2.24) is 19.8 Å². The van der Waals surface area contributed by atoms with Crippen LogP contribution in [0.2, 0.25) is 0 Å². The number of hydrogen-bond acceptors (Lipinski definition) is 7. The molecule has 0 aliphatic carbocycles. The molecule has 0 spiro atoms. The zero-order chi connectivity index (χ0) is 16.1. The number of aromatic nitrogens is 2. The molecule has 0 atom stereocenters. The van der Waals surface area contributed by atoms with E-state index in [1.165, 1.54) is 6.20 Å². The Morgan fingerprint density at radius 3 is 2.48 bits per heavy atom. The molecule has 0 unspecified atom stereocenters. The van der Waals surface area contributed by atoms with Gasteiger partial charge >= 0.3 is 0 Å². The molecule has 122 valence electrons. The second-order valence-corrected chi connectivity index (χ2v) is 5.63. The van der Waals surface area contributed by atoms with E-state index >= 15 is 0 Å². The molecule has 0 saturated carbocycles. The Hall–Kier alpha value is -2.24. The van der Waals surface area contributed by atoms with E-state index in [4.69, 9.17) is 10.00 Å². The Bertz CT molecular complexity index is 571. The summed E-state index contributed by atoms with van der Waals surface area (Å²) < 4.78 is 5.27. The van der Waals surface area contributed by atoms with Gasteiger partial charge in [-0.15, -0.1) is 0 Å². The highest BCUT2D eigenvalue weighted by molar-refractivity contribution is 5.78. The lowest BCUT2D eigenvalue weighted by Gasteiger charge is -2.36. The summed E-state index contributed by atoms with van der Waals surface area (Å²) in [4.78, 5) is 26.7. The summed E-state index contributed by atoms with van der Waals surface area (Å²) in [6.07, 6.45) is 3.12. The van der Waals surface area contributed by atoms with Crippen LogP contribution in [0.3, 0.4) is 0 Å². The van der Waals surface area contributed by atoms with Crippen LogP contribution in [0.5, 0.6) is 0 Å². The second-order valence-electron chi connectivity index (χ2n) is 5.63. The molecule has 0 radical (unpaired) electrons. The predicted molar refractivity (Wildman–Crippen MR) is 82.8 cm³/mol. The minimum Gasteiger partial charge on any atom is -0.378 e. The van der Waals surface area contributed by atoms with Crippen molar-refractivity contribution in [3.8, 4) is 6.07 Å². The molecular formula is C15H20N6O2. The highest BCUT2D eigenvalue weighted by Gasteiger charge is 2.23. The van der Waals surface area contributed by atoms with E-state index < -0.39 is 0 Å². The van der Waals surface area contributed by atoms with Crippen LogP contribution in [-0.4, -0.2) is 84.7 Å². The summed E-state index contributed by atoms with van der Waals surface area (Å²) in [6, 6.07) is 1.97. The summed E-state index contributed by atoms with van der Waals surface area (Å²) in [5.41, 5.74) is 0.323. The van der Waals surface area contributed by atoms with E-state index in [-0.39, 0.29) is 5.91 Å². The maximum Gasteiger partial charge on any atom is 0.236 e. The average Bonchev–Trinajstić information content (AvgIpc) is 2.63. The van der Waals surface area contributed by atoms with E-state index in [0.29, 0.717) is 38.5 Å². The summed E-state index contributed by atoms with van der Waals surface area (Å²) in [6.45, 7) is 6.36. The van der Waals surface area contributed by atoms with E-state index in [1.54, 1.807) is 6.20 Å². The molecule has 0 N–H and O–H groups in total. The number of ether oxygens (including phenoxy) is 1. The fraction of sp³-hybridized carbons (Fsp3) is 0.600. The van der Waals surface area contributed by atoms with Gasteiger partial charge in [0.1, 0.15) is 11.9 Å². The molecule has 3 heterocycles. The average molecular weight is 316 g/mol. The number of nitrogens with zero attached hydrogens (tertiary/aromatic N) is 6. The standard InChI is InChI=1S/C15H20N6O2/c16-9-13-10-18-14(11-17-13)20-3-1-19(2-4-20)12-15(22)21-5-7-23-8-6-21/h10-11H,1-8,12H2. The number of carbonyl (C=O) groups excluding carboxylic acids is 1. The highest BCUT2D eigenvalue weighted by atomic mass is 16.5. The van der Waals surface area contributed by atoms with Crippen LogP contribution in [0.1, 0.15) is 5.69 Å². The lowest BCUT2D eigenvalue weighted by atomic mass is 10.3. The fourth-order valence-corrected chi connectivity index (χ4v) is 2.78. The molecular weight excluding hydrogens is 296 g/mol. The molecule has 2 aliphatic heterocycles. The van der Waals surface area contributed by atoms with Gasteiger partial charge in [-0.25, -0.2) is 9.97 Å². The quantitative estimate of drug-likeness (QED) is 0.731. The molecule has 0 aromatic carbocycles. The van der Waals surface area contributed by atoms with Gasteiger partial charge in [-0.3, -0.25) is 9.69 Å². The first-order chi connectivity index (χ1) is 11.3. The lowest BCUT2D eigenvalue weighted by Crippen LogP contribution is -2.51. The minimum absolute atomic E-state index is 0.180. The van der Waals surface area contributed by atoms with Crippen LogP contribution in [0, 0.1) is 11.3 Å². The number of morpholine rings is 1. The fourth-order valence-electron chi connectivity index (χ4n) is 2.78. The number of nitriles is 1. The molecule has 1 aromatic heterocycles. The largest absolute Gasteiger partial charge is 0.378 e. The van der Waals surface area contributed by atoms with Crippen LogP contribution < -0.4 is 4.90 Å².